The van der Waals surface area contributed by atoms with E-state index in [1.165, 1.54) is 42.5 Å². The molecular weight excluding hydrogens is 273 g/mol. The van der Waals surface area contributed by atoms with Crippen LogP contribution in [0.15, 0.2) is 49.2 Å². The molecule has 0 N–H and O–H groups in total. The van der Waals surface area contributed by atoms with Crippen molar-refractivity contribution in [3.05, 3.63) is 54.7 Å². The van der Waals surface area contributed by atoms with Gasteiger partial charge >= 0.3 is 0 Å². The average Bonchev–Trinajstić information content (AvgIpc) is 2.56. The Labute approximate surface area is 128 Å². The molecule has 21 heavy (non-hydrogen) atoms. The van der Waals surface area contributed by atoms with Gasteiger partial charge in [-0.05, 0) is 66.8 Å². The highest BCUT2D eigenvalue weighted by atomic mass is 31.1. The smallest absolute Gasteiger partial charge is 0.0704 e. The van der Waals surface area contributed by atoms with Gasteiger partial charge < -0.3 is 0 Å². The van der Waals surface area contributed by atoms with Crippen LogP contribution in [-0.4, -0.2) is 23.0 Å². The summed E-state index contributed by atoms with van der Waals surface area (Å²) in [7, 11) is 0.217. The van der Waals surface area contributed by atoms with Gasteiger partial charge in [-0.1, -0.05) is 24.3 Å². The molecule has 4 atom stereocenters. The van der Waals surface area contributed by atoms with E-state index >= 15 is 0 Å². The topological polar surface area (TPSA) is 12.9 Å². The first kappa shape index (κ1) is 13.5. The van der Waals surface area contributed by atoms with E-state index < -0.39 is 0 Å². The minimum atomic E-state index is 0.217. The van der Waals surface area contributed by atoms with Crippen molar-refractivity contribution in [2.75, 3.05) is 12.3 Å². The highest BCUT2D eigenvalue weighted by Crippen LogP contribution is 2.59. The van der Waals surface area contributed by atoms with Crippen LogP contribution in [-0.2, 0) is 6.42 Å². The fourth-order valence-electron chi connectivity index (χ4n) is 4.25. The number of aromatic nitrogens is 1. The van der Waals surface area contributed by atoms with Crippen molar-refractivity contribution < 1.29 is 0 Å². The van der Waals surface area contributed by atoms with E-state index in [1.807, 2.05) is 6.20 Å². The summed E-state index contributed by atoms with van der Waals surface area (Å²) in [4.78, 5) is 4.50. The summed E-state index contributed by atoms with van der Waals surface area (Å²) in [5.41, 5.74) is 3.59. The monoisotopic (exact) mass is 295 g/mol. The number of hydrogen-bond acceptors (Lipinski definition) is 1. The Morgan fingerprint density at radius 3 is 3.00 bits per heavy atom. The first-order valence-electron chi connectivity index (χ1n) is 8.04. The number of pyridine rings is 1. The van der Waals surface area contributed by atoms with Crippen LogP contribution < -0.4 is 0 Å². The fraction of sp³-hybridized carbons (Fsp3) is 0.421. The van der Waals surface area contributed by atoms with E-state index in [4.69, 9.17) is 0 Å². The first-order chi connectivity index (χ1) is 10.3. The van der Waals surface area contributed by atoms with Crippen LogP contribution in [0.4, 0.5) is 0 Å². The summed E-state index contributed by atoms with van der Waals surface area (Å²) in [5.74, 6) is 1.73. The molecule has 3 saturated heterocycles. The van der Waals surface area contributed by atoms with E-state index in [0.29, 0.717) is 0 Å². The maximum absolute atomic E-state index is 4.50. The van der Waals surface area contributed by atoms with Crippen molar-refractivity contribution in [1.29, 1.82) is 0 Å². The number of allylic oxidation sites excluding steroid dienone is 1. The van der Waals surface area contributed by atoms with Crippen LogP contribution in [0.3, 0.4) is 0 Å². The van der Waals surface area contributed by atoms with E-state index in [0.717, 1.165) is 23.0 Å². The van der Waals surface area contributed by atoms with E-state index in [-0.39, 0.29) is 7.92 Å². The number of rotatable bonds is 3. The zero-order valence-corrected chi connectivity index (χ0v) is 13.3. The Kier molecular flexibility index (Phi) is 3.55. The summed E-state index contributed by atoms with van der Waals surface area (Å²) in [5, 5.41) is 1.36. The standard InChI is InChI=1S/C19H22NP/c1-2-14-13-21-10-8-15(14)11-17(21)12-16-7-9-20-19-6-4-3-5-18(16)19/h2-7,9,14-15,17H,1,8,10-13H2. The maximum atomic E-state index is 4.50. The van der Waals surface area contributed by atoms with Crippen LogP contribution in [0.25, 0.3) is 10.9 Å². The SMILES string of the molecule is C=CC1CP2CCC1CC2Cc1ccnc2ccccc12. The van der Waals surface area contributed by atoms with Crippen molar-refractivity contribution in [2.24, 2.45) is 11.8 Å². The Morgan fingerprint density at radius 1 is 1.29 bits per heavy atom. The van der Waals surface area contributed by atoms with Crippen molar-refractivity contribution in [3.8, 4) is 0 Å². The summed E-state index contributed by atoms with van der Waals surface area (Å²) >= 11 is 0. The van der Waals surface area contributed by atoms with Crippen LogP contribution >= 0.6 is 7.92 Å². The third kappa shape index (κ3) is 2.42. The van der Waals surface area contributed by atoms with Gasteiger partial charge in [0.15, 0.2) is 0 Å². The van der Waals surface area contributed by atoms with Crippen molar-refractivity contribution >= 4 is 18.8 Å². The number of nitrogens with zero attached hydrogens (tertiary/aromatic N) is 1. The van der Waals surface area contributed by atoms with Gasteiger partial charge in [-0.2, -0.15) is 0 Å². The predicted molar refractivity (Wildman–Crippen MR) is 92.3 cm³/mol. The van der Waals surface area contributed by atoms with Gasteiger partial charge in [0.2, 0.25) is 0 Å². The molecule has 4 heterocycles. The third-order valence-electron chi connectivity index (χ3n) is 5.43. The van der Waals surface area contributed by atoms with Gasteiger partial charge in [-0.15, -0.1) is 14.5 Å². The Hall–Kier alpha value is -1.20. The molecular formula is C19H22NP. The maximum Gasteiger partial charge on any atom is 0.0704 e. The summed E-state index contributed by atoms with van der Waals surface area (Å²) < 4.78 is 0. The number of fused-ring (bicyclic) bond motifs is 4. The molecule has 0 saturated carbocycles. The summed E-state index contributed by atoms with van der Waals surface area (Å²) in [6.45, 7) is 4.06. The molecule has 0 radical (unpaired) electrons. The lowest BCUT2D eigenvalue weighted by Gasteiger charge is -2.47. The van der Waals surface area contributed by atoms with Gasteiger partial charge in [0.25, 0.3) is 0 Å². The summed E-state index contributed by atoms with van der Waals surface area (Å²) in [6, 6.07) is 10.8. The minimum Gasteiger partial charge on any atom is -0.256 e. The van der Waals surface area contributed by atoms with E-state index in [9.17, 15) is 0 Å². The van der Waals surface area contributed by atoms with Gasteiger partial charge in [-0.3, -0.25) is 4.98 Å². The van der Waals surface area contributed by atoms with E-state index in [1.54, 1.807) is 0 Å². The van der Waals surface area contributed by atoms with Gasteiger partial charge in [-0.25, -0.2) is 0 Å². The lowest BCUT2D eigenvalue weighted by atomic mass is 9.84. The molecule has 4 unspecified atom stereocenters. The Bertz CT molecular complexity index is 660. The molecule has 0 spiro atoms. The molecule has 2 heteroatoms. The molecule has 5 rings (SSSR count). The van der Waals surface area contributed by atoms with Crippen LogP contribution in [0.1, 0.15) is 18.4 Å². The van der Waals surface area contributed by atoms with Gasteiger partial charge in [0.1, 0.15) is 0 Å². The normalized spacial score (nSPS) is 31.4. The van der Waals surface area contributed by atoms with Crippen molar-refractivity contribution in [2.45, 2.75) is 24.9 Å². The second-order valence-electron chi connectivity index (χ2n) is 6.52. The van der Waals surface area contributed by atoms with E-state index in [2.05, 4.69) is 48.0 Å². The molecule has 0 aliphatic carbocycles. The first-order valence-corrected chi connectivity index (χ1v) is 9.82. The third-order valence-corrected chi connectivity index (χ3v) is 8.58. The summed E-state index contributed by atoms with van der Waals surface area (Å²) in [6.07, 6.45) is 11.3. The quantitative estimate of drug-likeness (QED) is 0.582. The molecule has 1 nitrogen and oxygen atoms in total. The second kappa shape index (κ2) is 5.54. The van der Waals surface area contributed by atoms with Crippen molar-refractivity contribution in [1.82, 2.24) is 4.98 Å². The van der Waals surface area contributed by atoms with Crippen LogP contribution in [0, 0.1) is 11.8 Å². The molecule has 3 fully saturated rings. The van der Waals surface area contributed by atoms with Gasteiger partial charge in [0, 0.05) is 11.6 Å². The molecule has 1 aromatic carbocycles. The van der Waals surface area contributed by atoms with Crippen molar-refractivity contribution in [3.63, 3.8) is 0 Å². The number of hydrogen-bond donors (Lipinski definition) is 0. The molecule has 0 amide bonds. The molecule has 3 aliphatic heterocycles. The fourth-order valence-corrected chi connectivity index (χ4v) is 7.77. The second-order valence-corrected chi connectivity index (χ2v) is 9.24. The van der Waals surface area contributed by atoms with Crippen LogP contribution in [0.5, 0.6) is 0 Å². The van der Waals surface area contributed by atoms with Crippen LogP contribution in [0.2, 0.25) is 0 Å². The minimum absolute atomic E-state index is 0.217. The molecule has 3 aliphatic rings. The highest BCUT2D eigenvalue weighted by molar-refractivity contribution is 7.58. The molecule has 2 bridgehead atoms. The largest absolute Gasteiger partial charge is 0.256 e. The lowest BCUT2D eigenvalue weighted by Crippen LogP contribution is -2.36. The molecule has 1 aromatic heterocycles. The Morgan fingerprint density at radius 2 is 2.19 bits per heavy atom. The zero-order chi connectivity index (χ0) is 14.2. The number of para-hydroxylation sites is 1. The zero-order valence-electron chi connectivity index (χ0n) is 12.4. The molecule has 2 aromatic rings. The lowest BCUT2D eigenvalue weighted by molar-refractivity contribution is 0.340. The molecule has 108 valence electrons. The predicted octanol–water partition coefficient (Wildman–Crippen LogP) is 4.85. The van der Waals surface area contributed by atoms with Gasteiger partial charge in [0.05, 0.1) is 5.52 Å². The average molecular weight is 295 g/mol. The highest BCUT2D eigenvalue weighted by Gasteiger charge is 2.39. The Balaban J connectivity index is 1.60. The number of benzene rings is 1.